The zero-order valence-corrected chi connectivity index (χ0v) is 7.80. The Kier molecular flexibility index (Phi) is 3.89. The highest BCUT2D eigenvalue weighted by atomic mass is 35.5. The predicted octanol–water partition coefficient (Wildman–Crippen LogP) is 3.41. The smallest absolute Gasteiger partial charge is 0.0516 e. The lowest BCUT2D eigenvalue weighted by Crippen LogP contribution is -1.95. The molecule has 0 radical (unpaired) electrons. The van der Waals surface area contributed by atoms with E-state index in [4.69, 9.17) is 11.6 Å². The van der Waals surface area contributed by atoms with Crippen molar-refractivity contribution in [1.82, 2.24) is 0 Å². The molecule has 1 aromatic carbocycles. The van der Waals surface area contributed by atoms with Crippen molar-refractivity contribution >= 4 is 11.6 Å². The SMILES string of the molecule is C=CC(Cl)CCc1ccccc1. The Labute approximate surface area is 78.9 Å². The first-order valence-electron chi connectivity index (χ1n) is 4.13. The first-order valence-corrected chi connectivity index (χ1v) is 4.57. The van der Waals surface area contributed by atoms with E-state index in [1.807, 2.05) is 18.2 Å². The quantitative estimate of drug-likeness (QED) is 0.492. The lowest BCUT2D eigenvalue weighted by molar-refractivity contribution is 0.851. The minimum absolute atomic E-state index is 0.102. The van der Waals surface area contributed by atoms with Gasteiger partial charge < -0.3 is 0 Å². The van der Waals surface area contributed by atoms with Crippen LogP contribution in [-0.2, 0) is 6.42 Å². The number of hydrogen-bond donors (Lipinski definition) is 0. The minimum Gasteiger partial charge on any atom is -0.118 e. The van der Waals surface area contributed by atoms with Crippen LogP contribution in [0, 0.1) is 0 Å². The summed E-state index contributed by atoms with van der Waals surface area (Å²) >= 11 is 5.90. The Hall–Kier alpha value is -0.750. The van der Waals surface area contributed by atoms with Gasteiger partial charge >= 0.3 is 0 Å². The molecule has 0 aliphatic heterocycles. The number of benzene rings is 1. The van der Waals surface area contributed by atoms with Crippen LogP contribution in [-0.4, -0.2) is 5.38 Å². The lowest BCUT2D eigenvalue weighted by atomic mass is 10.1. The average Bonchev–Trinajstić information content (AvgIpc) is 2.16. The molecule has 64 valence electrons. The second kappa shape index (κ2) is 5.00. The molecule has 0 fully saturated rings. The van der Waals surface area contributed by atoms with E-state index in [2.05, 4.69) is 18.7 Å². The maximum atomic E-state index is 5.90. The van der Waals surface area contributed by atoms with Gasteiger partial charge in [-0.05, 0) is 18.4 Å². The van der Waals surface area contributed by atoms with Crippen molar-refractivity contribution in [2.24, 2.45) is 0 Å². The van der Waals surface area contributed by atoms with Gasteiger partial charge in [0.25, 0.3) is 0 Å². The third-order valence-electron chi connectivity index (χ3n) is 1.81. The summed E-state index contributed by atoms with van der Waals surface area (Å²) in [5, 5.41) is 0.102. The number of allylic oxidation sites excluding steroid dienone is 1. The van der Waals surface area contributed by atoms with Crippen molar-refractivity contribution in [2.45, 2.75) is 18.2 Å². The topological polar surface area (TPSA) is 0 Å². The summed E-state index contributed by atoms with van der Waals surface area (Å²) in [5.74, 6) is 0. The summed E-state index contributed by atoms with van der Waals surface area (Å²) in [6.45, 7) is 3.64. The number of rotatable bonds is 4. The normalized spacial score (nSPS) is 12.4. The molecule has 1 aromatic rings. The van der Waals surface area contributed by atoms with E-state index in [0.29, 0.717) is 0 Å². The molecule has 0 N–H and O–H groups in total. The van der Waals surface area contributed by atoms with Gasteiger partial charge in [-0.25, -0.2) is 0 Å². The maximum absolute atomic E-state index is 5.90. The zero-order valence-electron chi connectivity index (χ0n) is 7.04. The lowest BCUT2D eigenvalue weighted by Gasteiger charge is -2.02. The number of hydrogen-bond acceptors (Lipinski definition) is 0. The summed E-state index contributed by atoms with van der Waals surface area (Å²) in [7, 11) is 0. The van der Waals surface area contributed by atoms with Gasteiger partial charge in [0.1, 0.15) is 0 Å². The molecule has 0 saturated carbocycles. The molecule has 1 heteroatoms. The van der Waals surface area contributed by atoms with Crippen molar-refractivity contribution in [3.05, 3.63) is 48.6 Å². The average molecular weight is 181 g/mol. The highest BCUT2D eigenvalue weighted by Crippen LogP contribution is 2.09. The van der Waals surface area contributed by atoms with Crippen molar-refractivity contribution in [2.75, 3.05) is 0 Å². The Morgan fingerprint density at radius 1 is 1.33 bits per heavy atom. The molecule has 0 nitrogen and oxygen atoms in total. The summed E-state index contributed by atoms with van der Waals surface area (Å²) in [6.07, 6.45) is 3.78. The van der Waals surface area contributed by atoms with Crippen LogP contribution in [0.4, 0.5) is 0 Å². The molecular formula is C11H13Cl. The van der Waals surface area contributed by atoms with Crippen molar-refractivity contribution in [3.8, 4) is 0 Å². The number of alkyl halides is 1. The van der Waals surface area contributed by atoms with Gasteiger partial charge in [0.2, 0.25) is 0 Å². The fraction of sp³-hybridized carbons (Fsp3) is 0.273. The van der Waals surface area contributed by atoms with Gasteiger partial charge in [0.05, 0.1) is 5.38 Å². The van der Waals surface area contributed by atoms with E-state index in [1.54, 1.807) is 6.08 Å². The molecule has 1 unspecified atom stereocenters. The van der Waals surface area contributed by atoms with Crippen molar-refractivity contribution in [1.29, 1.82) is 0 Å². The van der Waals surface area contributed by atoms with Crippen LogP contribution >= 0.6 is 11.6 Å². The number of aryl methyl sites for hydroxylation is 1. The Morgan fingerprint density at radius 2 is 2.00 bits per heavy atom. The van der Waals surface area contributed by atoms with Crippen LogP contribution in [0.5, 0.6) is 0 Å². The van der Waals surface area contributed by atoms with E-state index in [1.165, 1.54) is 5.56 Å². The van der Waals surface area contributed by atoms with Crippen LogP contribution in [0.3, 0.4) is 0 Å². The molecule has 0 saturated heterocycles. The van der Waals surface area contributed by atoms with Crippen molar-refractivity contribution < 1.29 is 0 Å². The van der Waals surface area contributed by atoms with Crippen LogP contribution in [0.1, 0.15) is 12.0 Å². The fourth-order valence-corrected chi connectivity index (χ4v) is 1.18. The molecule has 0 aliphatic rings. The van der Waals surface area contributed by atoms with Gasteiger partial charge in [0, 0.05) is 0 Å². The highest BCUT2D eigenvalue weighted by molar-refractivity contribution is 6.21. The third kappa shape index (κ3) is 3.10. The molecule has 1 atom stereocenters. The Bertz CT molecular complexity index is 228. The molecule has 0 aliphatic carbocycles. The molecule has 12 heavy (non-hydrogen) atoms. The molecular weight excluding hydrogens is 168 g/mol. The van der Waals surface area contributed by atoms with Gasteiger partial charge in [-0.15, -0.1) is 18.2 Å². The highest BCUT2D eigenvalue weighted by Gasteiger charge is 1.98. The van der Waals surface area contributed by atoms with Gasteiger partial charge in [-0.3, -0.25) is 0 Å². The van der Waals surface area contributed by atoms with E-state index >= 15 is 0 Å². The third-order valence-corrected chi connectivity index (χ3v) is 2.20. The van der Waals surface area contributed by atoms with Crippen LogP contribution in [0.25, 0.3) is 0 Å². The Morgan fingerprint density at radius 3 is 2.58 bits per heavy atom. The van der Waals surface area contributed by atoms with Crippen LogP contribution in [0.15, 0.2) is 43.0 Å². The van der Waals surface area contributed by atoms with Gasteiger partial charge in [-0.2, -0.15) is 0 Å². The standard InChI is InChI=1S/C11H13Cl/c1-2-11(12)9-8-10-6-4-3-5-7-10/h2-7,11H,1,8-9H2. The first-order chi connectivity index (χ1) is 5.83. The maximum Gasteiger partial charge on any atom is 0.0516 e. The van der Waals surface area contributed by atoms with Crippen LogP contribution < -0.4 is 0 Å². The predicted molar refractivity (Wildman–Crippen MR) is 54.6 cm³/mol. The monoisotopic (exact) mass is 180 g/mol. The van der Waals surface area contributed by atoms with E-state index in [-0.39, 0.29) is 5.38 Å². The van der Waals surface area contributed by atoms with E-state index < -0.39 is 0 Å². The van der Waals surface area contributed by atoms with Gasteiger partial charge in [0.15, 0.2) is 0 Å². The second-order valence-electron chi connectivity index (χ2n) is 2.78. The summed E-state index contributed by atoms with van der Waals surface area (Å²) in [5.41, 5.74) is 1.34. The molecule has 0 amide bonds. The molecule has 1 rings (SSSR count). The van der Waals surface area contributed by atoms with E-state index in [0.717, 1.165) is 12.8 Å². The fourth-order valence-electron chi connectivity index (χ4n) is 1.07. The summed E-state index contributed by atoms with van der Waals surface area (Å²) in [4.78, 5) is 0. The van der Waals surface area contributed by atoms with Gasteiger partial charge in [-0.1, -0.05) is 36.4 Å². The molecule has 0 heterocycles. The minimum atomic E-state index is 0.102. The second-order valence-corrected chi connectivity index (χ2v) is 3.34. The first kappa shape index (κ1) is 9.34. The van der Waals surface area contributed by atoms with E-state index in [9.17, 15) is 0 Å². The number of halogens is 1. The molecule has 0 spiro atoms. The zero-order chi connectivity index (χ0) is 8.81. The van der Waals surface area contributed by atoms with Crippen LogP contribution in [0.2, 0.25) is 0 Å². The summed E-state index contributed by atoms with van der Waals surface area (Å²) < 4.78 is 0. The summed E-state index contributed by atoms with van der Waals surface area (Å²) in [6, 6.07) is 10.4. The Balaban J connectivity index is 2.38. The largest absolute Gasteiger partial charge is 0.118 e. The molecule has 0 aromatic heterocycles. The van der Waals surface area contributed by atoms with Crippen molar-refractivity contribution in [3.63, 3.8) is 0 Å². The molecule has 0 bridgehead atoms.